The molecular formula is C10H16N6O2. The lowest BCUT2D eigenvalue weighted by Gasteiger charge is -2.24. The highest BCUT2D eigenvalue weighted by Gasteiger charge is 2.44. The summed E-state index contributed by atoms with van der Waals surface area (Å²) in [6.07, 6.45) is 0. The maximum atomic E-state index is 12.1. The van der Waals surface area contributed by atoms with Crippen molar-refractivity contribution in [3.05, 3.63) is 5.82 Å². The van der Waals surface area contributed by atoms with Crippen molar-refractivity contribution >= 4 is 11.9 Å². The van der Waals surface area contributed by atoms with Gasteiger partial charge in [-0.2, -0.15) is 4.80 Å². The van der Waals surface area contributed by atoms with Crippen LogP contribution in [-0.2, 0) is 18.4 Å². The Morgan fingerprint density at radius 1 is 1.33 bits per heavy atom. The average molecular weight is 252 g/mol. The second-order valence-corrected chi connectivity index (χ2v) is 5.37. The molecule has 1 aliphatic heterocycles. The number of amides is 3. The van der Waals surface area contributed by atoms with Crippen LogP contribution in [0.2, 0.25) is 0 Å². The molecule has 2 heterocycles. The number of aryl methyl sites for hydroxylation is 1. The molecule has 1 fully saturated rings. The number of hydrogen-bond donors (Lipinski definition) is 1. The molecule has 0 aromatic carbocycles. The van der Waals surface area contributed by atoms with Crippen molar-refractivity contribution in [2.45, 2.75) is 33.4 Å². The third kappa shape index (κ3) is 2.18. The number of aromatic nitrogens is 4. The van der Waals surface area contributed by atoms with Crippen LogP contribution >= 0.6 is 0 Å². The van der Waals surface area contributed by atoms with E-state index in [0.717, 1.165) is 4.90 Å². The minimum Gasteiger partial charge on any atom is -0.325 e. The summed E-state index contributed by atoms with van der Waals surface area (Å²) < 4.78 is 0. The maximum absolute atomic E-state index is 12.1. The number of urea groups is 1. The van der Waals surface area contributed by atoms with Gasteiger partial charge < -0.3 is 5.32 Å². The van der Waals surface area contributed by atoms with Gasteiger partial charge in [-0.25, -0.2) is 4.79 Å². The van der Waals surface area contributed by atoms with E-state index in [4.69, 9.17) is 0 Å². The van der Waals surface area contributed by atoms with Gasteiger partial charge in [-0.05, 0) is 10.6 Å². The number of nitrogens with one attached hydrogen (secondary N) is 1. The third-order valence-corrected chi connectivity index (χ3v) is 2.74. The molecule has 1 aliphatic rings. The van der Waals surface area contributed by atoms with Crippen molar-refractivity contribution in [2.75, 3.05) is 0 Å². The van der Waals surface area contributed by atoms with Gasteiger partial charge in [0, 0.05) is 0 Å². The number of nitrogens with zero attached hydrogens (tertiary/aromatic N) is 5. The van der Waals surface area contributed by atoms with Gasteiger partial charge in [0.05, 0.1) is 13.6 Å². The number of carbonyl (C=O) groups excluding carboxylic acids is 2. The molecule has 1 aromatic heterocycles. The minimum absolute atomic E-state index is 0.0467. The minimum atomic E-state index is -0.512. The van der Waals surface area contributed by atoms with Gasteiger partial charge >= 0.3 is 6.03 Å². The molecule has 2 rings (SSSR count). The molecule has 18 heavy (non-hydrogen) atoms. The van der Waals surface area contributed by atoms with Crippen LogP contribution in [0.25, 0.3) is 0 Å². The van der Waals surface area contributed by atoms with E-state index < -0.39 is 12.1 Å². The van der Waals surface area contributed by atoms with Crippen LogP contribution in [0.4, 0.5) is 4.79 Å². The van der Waals surface area contributed by atoms with E-state index in [2.05, 4.69) is 20.7 Å². The highest BCUT2D eigenvalue weighted by atomic mass is 16.2. The fourth-order valence-corrected chi connectivity index (χ4v) is 1.78. The summed E-state index contributed by atoms with van der Waals surface area (Å²) in [6.45, 7) is 5.75. The van der Waals surface area contributed by atoms with Crippen molar-refractivity contribution in [1.82, 2.24) is 30.4 Å². The van der Waals surface area contributed by atoms with Crippen LogP contribution in [0, 0.1) is 5.41 Å². The number of rotatable bonds is 2. The zero-order chi connectivity index (χ0) is 13.5. The summed E-state index contributed by atoms with van der Waals surface area (Å²) in [5, 5.41) is 14.1. The molecule has 0 aliphatic carbocycles. The third-order valence-electron chi connectivity index (χ3n) is 2.74. The van der Waals surface area contributed by atoms with Gasteiger partial charge in [0.2, 0.25) is 0 Å². The van der Waals surface area contributed by atoms with E-state index in [1.54, 1.807) is 7.05 Å². The van der Waals surface area contributed by atoms with Crippen molar-refractivity contribution in [3.8, 4) is 0 Å². The van der Waals surface area contributed by atoms with Crippen LogP contribution in [-0.4, -0.2) is 43.1 Å². The summed E-state index contributed by atoms with van der Waals surface area (Å²) in [5.41, 5.74) is -0.322. The monoisotopic (exact) mass is 252 g/mol. The molecule has 3 amide bonds. The largest absolute Gasteiger partial charge is 0.325 e. The van der Waals surface area contributed by atoms with Gasteiger partial charge in [0.25, 0.3) is 5.91 Å². The summed E-state index contributed by atoms with van der Waals surface area (Å²) in [7, 11) is 1.63. The Kier molecular flexibility index (Phi) is 2.80. The molecular weight excluding hydrogens is 236 g/mol. The highest BCUT2D eigenvalue weighted by Crippen LogP contribution is 2.25. The summed E-state index contributed by atoms with van der Waals surface area (Å²) >= 11 is 0. The molecule has 0 saturated carbocycles. The topological polar surface area (TPSA) is 93.0 Å². The second-order valence-electron chi connectivity index (χ2n) is 5.37. The molecule has 1 saturated heterocycles. The smallest absolute Gasteiger partial charge is 0.325 e. The molecule has 1 N–H and O–H groups in total. The van der Waals surface area contributed by atoms with Gasteiger partial charge in [0.1, 0.15) is 6.04 Å². The molecule has 98 valence electrons. The van der Waals surface area contributed by atoms with E-state index in [1.165, 1.54) is 4.80 Å². The lowest BCUT2D eigenvalue weighted by molar-refractivity contribution is -0.130. The number of hydrogen-bond acceptors (Lipinski definition) is 5. The Bertz CT molecular complexity index is 489. The number of imide groups is 1. The van der Waals surface area contributed by atoms with E-state index in [1.807, 2.05) is 20.8 Å². The van der Waals surface area contributed by atoms with E-state index in [9.17, 15) is 9.59 Å². The predicted molar refractivity (Wildman–Crippen MR) is 61.1 cm³/mol. The van der Waals surface area contributed by atoms with Gasteiger partial charge in [-0.15, -0.1) is 10.2 Å². The average Bonchev–Trinajstić information content (AvgIpc) is 2.76. The Balaban J connectivity index is 2.15. The van der Waals surface area contributed by atoms with Crippen LogP contribution in [0.3, 0.4) is 0 Å². The lowest BCUT2D eigenvalue weighted by Crippen LogP contribution is -2.41. The van der Waals surface area contributed by atoms with Crippen LogP contribution in [0.5, 0.6) is 0 Å². The van der Waals surface area contributed by atoms with Crippen molar-refractivity contribution in [1.29, 1.82) is 0 Å². The van der Waals surface area contributed by atoms with Crippen LogP contribution in [0.15, 0.2) is 0 Å². The second kappa shape index (κ2) is 4.04. The molecule has 1 unspecified atom stereocenters. The van der Waals surface area contributed by atoms with E-state index >= 15 is 0 Å². The molecule has 0 radical (unpaired) electrons. The molecule has 1 atom stereocenters. The van der Waals surface area contributed by atoms with Crippen molar-refractivity contribution < 1.29 is 9.59 Å². The lowest BCUT2D eigenvalue weighted by atomic mass is 9.87. The number of tetrazole rings is 1. The van der Waals surface area contributed by atoms with Crippen molar-refractivity contribution in [3.63, 3.8) is 0 Å². The fourth-order valence-electron chi connectivity index (χ4n) is 1.78. The first-order chi connectivity index (χ1) is 8.29. The Morgan fingerprint density at radius 2 is 2.00 bits per heavy atom. The van der Waals surface area contributed by atoms with E-state index in [-0.39, 0.29) is 17.9 Å². The zero-order valence-electron chi connectivity index (χ0n) is 10.8. The Labute approximate surface area is 104 Å². The van der Waals surface area contributed by atoms with E-state index in [0.29, 0.717) is 5.82 Å². The molecule has 8 heteroatoms. The first-order valence-electron chi connectivity index (χ1n) is 5.64. The molecule has 8 nitrogen and oxygen atoms in total. The SMILES string of the molecule is Cn1nnc(CN2C(=O)NC(C(C)(C)C)C2=O)n1. The van der Waals surface area contributed by atoms with Gasteiger partial charge in [-0.3, -0.25) is 9.69 Å². The van der Waals surface area contributed by atoms with Gasteiger partial charge in [-0.1, -0.05) is 20.8 Å². The van der Waals surface area contributed by atoms with Crippen LogP contribution < -0.4 is 5.32 Å². The first-order valence-corrected chi connectivity index (χ1v) is 5.64. The Hall–Kier alpha value is -1.99. The molecule has 1 aromatic rings. The standard InChI is InChI=1S/C10H16N6O2/c1-10(2,3)7-8(17)16(9(18)11-7)5-6-12-14-15(4)13-6/h7H,5H2,1-4H3,(H,11,18). The quantitative estimate of drug-likeness (QED) is 0.728. The summed E-state index contributed by atoms with van der Waals surface area (Å²) in [5.74, 6) is 0.0931. The maximum Gasteiger partial charge on any atom is 0.325 e. The van der Waals surface area contributed by atoms with Crippen molar-refractivity contribution in [2.24, 2.45) is 12.5 Å². The Morgan fingerprint density at radius 3 is 2.44 bits per heavy atom. The summed E-state index contributed by atoms with van der Waals surface area (Å²) in [6, 6.07) is -0.922. The highest BCUT2D eigenvalue weighted by molar-refractivity contribution is 6.04. The van der Waals surface area contributed by atoms with Crippen LogP contribution in [0.1, 0.15) is 26.6 Å². The zero-order valence-corrected chi connectivity index (χ0v) is 10.8. The predicted octanol–water partition coefficient (Wildman–Crippen LogP) is -0.323. The number of carbonyl (C=O) groups is 2. The first kappa shape index (κ1) is 12.5. The molecule has 0 spiro atoms. The molecule has 0 bridgehead atoms. The summed E-state index contributed by atoms with van der Waals surface area (Å²) in [4.78, 5) is 26.3. The van der Waals surface area contributed by atoms with Gasteiger partial charge in [0.15, 0.2) is 5.82 Å². The normalized spacial score (nSPS) is 20.4. The fraction of sp³-hybridized carbons (Fsp3) is 0.700.